The molecule has 1 heterocycles. The van der Waals surface area contributed by atoms with E-state index in [1.54, 1.807) is 24.3 Å². The molecule has 0 radical (unpaired) electrons. The Labute approximate surface area is 130 Å². The van der Waals surface area contributed by atoms with Crippen LogP contribution in [0.2, 0.25) is 0 Å². The molecule has 5 nitrogen and oxygen atoms in total. The summed E-state index contributed by atoms with van der Waals surface area (Å²) in [4.78, 5) is 23.0. The van der Waals surface area contributed by atoms with Crippen LogP contribution in [0.25, 0.3) is 0 Å². The second-order valence-electron chi connectivity index (χ2n) is 6.30. The standard InChI is InChI=1S/C17H23NO4/c1-17(2)10-9-13(22-17)11-18-15(19)8-7-12-5-3-4-6-14(12)16(20)21/h3-6,13H,7-11H2,1-2H3,(H,18,19)(H,20,21). The van der Waals surface area contributed by atoms with Gasteiger partial charge in [-0.05, 0) is 44.7 Å². The summed E-state index contributed by atoms with van der Waals surface area (Å²) in [6.45, 7) is 4.62. The molecule has 1 amide bonds. The fraction of sp³-hybridized carbons (Fsp3) is 0.529. The second kappa shape index (κ2) is 6.92. The van der Waals surface area contributed by atoms with Gasteiger partial charge in [-0.15, -0.1) is 0 Å². The van der Waals surface area contributed by atoms with Crippen molar-refractivity contribution in [1.82, 2.24) is 5.32 Å². The molecule has 22 heavy (non-hydrogen) atoms. The van der Waals surface area contributed by atoms with Gasteiger partial charge in [0.2, 0.25) is 5.91 Å². The van der Waals surface area contributed by atoms with Crippen LogP contribution in [0.3, 0.4) is 0 Å². The molecule has 2 N–H and O–H groups in total. The average Bonchev–Trinajstić information content (AvgIpc) is 2.82. The van der Waals surface area contributed by atoms with E-state index in [-0.39, 0.29) is 29.6 Å². The molecule has 2 rings (SSSR count). The van der Waals surface area contributed by atoms with Crippen LogP contribution in [0, 0.1) is 0 Å². The summed E-state index contributed by atoms with van der Waals surface area (Å²) in [6.07, 6.45) is 2.73. The van der Waals surface area contributed by atoms with E-state index in [0.717, 1.165) is 12.8 Å². The lowest BCUT2D eigenvalue weighted by molar-refractivity contribution is -0.122. The van der Waals surface area contributed by atoms with Crippen LogP contribution < -0.4 is 5.32 Å². The molecule has 1 aliphatic rings. The monoisotopic (exact) mass is 305 g/mol. The predicted molar refractivity (Wildman–Crippen MR) is 82.9 cm³/mol. The zero-order chi connectivity index (χ0) is 16.2. The second-order valence-corrected chi connectivity index (χ2v) is 6.30. The number of carbonyl (C=O) groups is 2. The highest BCUT2D eigenvalue weighted by Gasteiger charge is 2.31. The molecule has 1 atom stereocenters. The summed E-state index contributed by atoms with van der Waals surface area (Å²) in [5.41, 5.74) is 0.843. The molecule has 0 bridgehead atoms. The molecule has 1 fully saturated rings. The van der Waals surface area contributed by atoms with E-state index >= 15 is 0 Å². The Balaban J connectivity index is 1.78. The summed E-state index contributed by atoms with van der Waals surface area (Å²) in [7, 11) is 0. The van der Waals surface area contributed by atoms with Crippen molar-refractivity contribution in [2.75, 3.05) is 6.54 Å². The highest BCUT2D eigenvalue weighted by molar-refractivity contribution is 5.89. The van der Waals surface area contributed by atoms with E-state index in [4.69, 9.17) is 9.84 Å². The van der Waals surface area contributed by atoms with E-state index in [1.165, 1.54) is 0 Å². The number of aromatic carboxylic acids is 1. The maximum Gasteiger partial charge on any atom is 0.335 e. The fourth-order valence-corrected chi connectivity index (χ4v) is 2.73. The lowest BCUT2D eigenvalue weighted by Gasteiger charge is -2.19. The third-order valence-corrected chi connectivity index (χ3v) is 3.95. The van der Waals surface area contributed by atoms with E-state index in [0.29, 0.717) is 18.5 Å². The van der Waals surface area contributed by atoms with Crippen molar-refractivity contribution >= 4 is 11.9 Å². The quantitative estimate of drug-likeness (QED) is 0.846. The van der Waals surface area contributed by atoms with Gasteiger partial charge in [0, 0.05) is 13.0 Å². The Hall–Kier alpha value is -1.88. The molecule has 1 aromatic carbocycles. The normalized spacial score (nSPS) is 19.8. The van der Waals surface area contributed by atoms with Crippen LogP contribution in [0.15, 0.2) is 24.3 Å². The van der Waals surface area contributed by atoms with Gasteiger partial charge in [0.1, 0.15) is 0 Å². The Morgan fingerprint density at radius 2 is 2.09 bits per heavy atom. The Morgan fingerprint density at radius 3 is 2.73 bits per heavy atom. The first-order chi connectivity index (χ1) is 10.4. The Kier molecular flexibility index (Phi) is 5.19. The molecule has 0 aliphatic carbocycles. The number of rotatable bonds is 6. The van der Waals surface area contributed by atoms with Crippen LogP contribution >= 0.6 is 0 Å². The molecule has 120 valence electrons. The number of aryl methyl sites for hydroxylation is 1. The topological polar surface area (TPSA) is 75.6 Å². The van der Waals surface area contributed by atoms with Crippen molar-refractivity contribution in [3.8, 4) is 0 Å². The maximum atomic E-state index is 11.9. The lowest BCUT2D eigenvalue weighted by atomic mass is 10.0. The van der Waals surface area contributed by atoms with E-state index in [9.17, 15) is 9.59 Å². The number of amides is 1. The number of ether oxygens (including phenoxy) is 1. The van der Waals surface area contributed by atoms with Crippen molar-refractivity contribution < 1.29 is 19.4 Å². The summed E-state index contributed by atoms with van der Waals surface area (Å²) < 4.78 is 5.82. The smallest absolute Gasteiger partial charge is 0.335 e. The predicted octanol–water partition coefficient (Wildman–Crippen LogP) is 2.39. The van der Waals surface area contributed by atoms with Gasteiger partial charge in [0.05, 0.1) is 17.3 Å². The number of carbonyl (C=O) groups excluding carboxylic acids is 1. The zero-order valence-electron chi connectivity index (χ0n) is 13.1. The molecule has 0 aromatic heterocycles. The Bertz CT molecular complexity index is 553. The highest BCUT2D eigenvalue weighted by atomic mass is 16.5. The number of hydrogen-bond acceptors (Lipinski definition) is 3. The number of hydrogen-bond donors (Lipinski definition) is 2. The van der Waals surface area contributed by atoms with Crippen LogP contribution in [-0.2, 0) is 16.0 Å². The summed E-state index contributed by atoms with van der Waals surface area (Å²) in [5, 5.41) is 12.0. The van der Waals surface area contributed by atoms with Gasteiger partial charge < -0.3 is 15.2 Å². The van der Waals surface area contributed by atoms with Gasteiger partial charge in [0.15, 0.2) is 0 Å². The zero-order valence-corrected chi connectivity index (χ0v) is 13.1. The molecule has 0 spiro atoms. The highest BCUT2D eigenvalue weighted by Crippen LogP contribution is 2.28. The van der Waals surface area contributed by atoms with E-state index in [1.807, 2.05) is 0 Å². The summed E-state index contributed by atoms with van der Waals surface area (Å²) in [5.74, 6) is -1.04. The van der Waals surface area contributed by atoms with Gasteiger partial charge in [-0.1, -0.05) is 18.2 Å². The minimum atomic E-state index is -0.961. The van der Waals surface area contributed by atoms with Crippen molar-refractivity contribution in [3.63, 3.8) is 0 Å². The van der Waals surface area contributed by atoms with Gasteiger partial charge in [-0.25, -0.2) is 4.79 Å². The minimum Gasteiger partial charge on any atom is -0.478 e. The first-order valence-corrected chi connectivity index (χ1v) is 7.63. The van der Waals surface area contributed by atoms with Crippen LogP contribution in [0.4, 0.5) is 0 Å². The van der Waals surface area contributed by atoms with Gasteiger partial charge in [-0.3, -0.25) is 4.79 Å². The van der Waals surface area contributed by atoms with Crippen LogP contribution in [0.1, 0.15) is 49.0 Å². The van der Waals surface area contributed by atoms with Crippen LogP contribution in [0.5, 0.6) is 0 Å². The summed E-state index contributed by atoms with van der Waals surface area (Å²) in [6, 6.07) is 6.78. The molecule has 5 heteroatoms. The van der Waals surface area contributed by atoms with Gasteiger partial charge in [0.25, 0.3) is 0 Å². The fourth-order valence-electron chi connectivity index (χ4n) is 2.73. The SMILES string of the molecule is CC1(C)CCC(CNC(=O)CCc2ccccc2C(=O)O)O1. The number of nitrogens with one attached hydrogen (secondary N) is 1. The molecular weight excluding hydrogens is 282 g/mol. The third kappa shape index (κ3) is 4.56. The third-order valence-electron chi connectivity index (χ3n) is 3.95. The van der Waals surface area contributed by atoms with Crippen molar-refractivity contribution in [1.29, 1.82) is 0 Å². The number of carboxylic acid groups (broad SMARTS) is 1. The molecule has 1 aromatic rings. The number of benzene rings is 1. The molecule has 1 aliphatic heterocycles. The van der Waals surface area contributed by atoms with E-state index in [2.05, 4.69) is 19.2 Å². The molecule has 1 unspecified atom stereocenters. The summed E-state index contributed by atoms with van der Waals surface area (Å²) >= 11 is 0. The largest absolute Gasteiger partial charge is 0.478 e. The van der Waals surface area contributed by atoms with Crippen molar-refractivity contribution in [2.45, 2.75) is 51.2 Å². The maximum absolute atomic E-state index is 11.9. The van der Waals surface area contributed by atoms with Crippen molar-refractivity contribution in [3.05, 3.63) is 35.4 Å². The number of carboxylic acids is 1. The van der Waals surface area contributed by atoms with Crippen molar-refractivity contribution in [2.24, 2.45) is 0 Å². The molecule has 0 saturated carbocycles. The average molecular weight is 305 g/mol. The molecular formula is C17H23NO4. The lowest BCUT2D eigenvalue weighted by Crippen LogP contribution is -2.33. The van der Waals surface area contributed by atoms with Crippen LogP contribution in [-0.4, -0.2) is 35.2 Å². The minimum absolute atomic E-state index is 0.0743. The molecule has 1 saturated heterocycles. The first kappa shape index (κ1) is 16.5. The van der Waals surface area contributed by atoms with Gasteiger partial charge in [-0.2, -0.15) is 0 Å². The van der Waals surface area contributed by atoms with Gasteiger partial charge >= 0.3 is 5.97 Å². The Morgan fingerprint density at radius 1 is 1.36 bits per heavy atom. The van der Waals surface area contributed by atoms with E-state index < -0.39 is 5.97 Å². The first-order valence-electron chi connectivity index (χ1n) is 7.63.